The van der Waals surface area contributed by atoms with E-state index in [1.54, 1.807) is 12.4 Å². The Morgan fingerprint density at radius 2 is 1.87 bits per heavy atom. The van der Waals surface area contributed by atoms with Crippen LogP contribution in [0.4, 0.5) is 0 Å². The van der Waals surface area contributed by atoms with E-state index in [0.29, 0.717) is 24.7 Å². The molecule has 0 bridgehead atoms. The number of hydrogen-bond acceptors (Lipinski definition) is 5. The molecule has 30 heavy (non-hydrogen) atoms. The van der Waals surface area contributed by atoms with Gasteiger partial charge in [-0.1, -0.05) is 24.3 Å². The molecule has 1 aliphatic rings. The number of aliphatic hydroxyl groups is 1. The second kappa shape index (κ2) is 8.13. The largest absolute Gasteiger partial charge is 0.493 e. The van der Waals surface area contributed by atoms with Crippen LogP contribution < -0.4 is 9.47 Å². The zero-order chi connectivity index (χ0) is 20.3. The van der Waals surface area contributed by atoms with Gasteiger partial charge in [-0.15, -0.1) is 0 Å². The third-order valence-electron chi connectivity index (χ3n) is 5.49. The monoisotopic (exact) mass is 398 g/mol. The van der Waals surface area contributed by atoms with Gasteiger partial charge < -0.3 is 14.6 Å². The van der Waals surface area contributed by atoms with Gasteiger partial charge in [-0.2, -0.15) is 0 Å². The quantitative estimate of drug-likeness (QED) is 0.536. The summed E-state index contributed by atoms with van der Waals surface area (Å²) >= 11 is 0. The lowest BCUT2D eigenvalue weighted by molar-refractivity contribution is 0.0504. The van der Waals surface area contributed by atoms with Crippen LogP contribution in [-0.2, 0) is 13.0 Å². The number of benzene rings is 2. The lowest BCUT2D eigenvalue weighted by atomic mass is 9.88. The van der Waals surface area contributed by atoms with E-state index in [1.165, 1.54) is 0 Å². The number of para-hydroxylation sites is 1. The standard InChI is InChI=1S/C25H22N2O3/c28-25-19(13-17-9-11-26-12-10-17)15-30-24-8-7-21(14-22(24)25)29-16-20-6-5-18-3-1-2-4-23(18)27-20/h1-12,14,19,25,28H,13,15-16H2/t19-,25+/m1/s1. The Balaban J connectivity index is 1.30. The van der Waals surface area contributed by atoms with Gasteiger partial charge in [0.1, 0.15) is 18.1 Å². The van der Waals surface area contributed by atoms with Gasteiger partial charge >= 0.3 is 0 Å². The SMILES string of the molecule is O[C@@H]1c2cc(OCc3ccc4ccccc4n3)ccc2OC[C@H]1Cc1ccncc1. The second-order valence-electron chi connectivity index (χ2n) is 7.56. The highest BCUT2D eigenvalue weighted by Gasteiger charge is 2.30. The smallest absolute Gasteiger partial charge is 0.130 e. The first-order valence-corrected chi connectivity index (χ1v) is 10.1. The van der Waals surface area contributed by atoms with Crippen molar-refractivity contribution in [2.45, 2.75) is 19.1 Å². The molecule has 1 aliphatic heterocycles. The molecule has 0 saturated heterocycles. The molecule has 150 valence electrons. The Morgan fingerprint density at radius 1 is 1.00 bits per heavy atom. The number of pyridine rings is 2. The van der Waals surface area contributed by atoms with Crippen molar-refractivity contribution in [3.05, 3.63) is 95.9 Å². The van der Waals surface area contributed by atoms with Crippen LogP contribution in [0.25, 0.3) is 10.9 Å². The lowest BCUT2D eigenvalue weighted by Gasteiger charge is -2.30. The normalized spacial score (nSPS) is 17.9. The molecule has 4 aromatic rings. The van der Waals surface area contributed by atoms with Crippen molar-refractivity contribution in [3.63, 3.8) is 0 Å². The third kappa shape index (κ3) is 3.84. The van der Waals surface area contributed by atoms with Gasteiger partial charge in [-0.3, -0.25) is 4.98 Å². The second-order valence-corrected chi connectivity index (χ2v) is 7.56. The summed E-state index contributed by atoms with van der Waals surface area (Å²) in [7, 11) is 0. The maximum Gasteiger partial charge on any atom is 0.130 e. The predicted molar refractivity (Wildman–Crippen MR) is 114 cm³/mol. The Labute approximate surface area is 175 Å². The summed E-state index contributed by atoms with van der Waals surface area (Å²) in [6, 6.07) is 21.6. The average molecular weight is 398 g/mol. The number of rotatable bonds is 5. The van der Waals surface area contributed by atoms with E-state index in [4.69, 9.17) is 9.47 Å². The summed E-state index contributed by atoms with van der Waals surface area (Å²) in [6.45, 7) is 0.846. The molecule has 5 heteroatoms. The number of aromatic nitrogens is 2. The number of hydrogen-bond donors (Lipinski definition) is 1. The zero-order valence-corrected chi connectivity index (χ0v) is 16.4. The van der Waals surface area contributed by atoms with Gasteiger partial charge in [0, 0.05) is 29.3 Å². The van der Waals surface area contributed by atoms with Crippen LogP contribution in [-0.4, -0.2) is 21.7 Å². The predicted octanol–water partition coefficient (Wildman–Crippen LogP) is 4.49. The molecular formula is C25H22N2O3. The maximum absolute atomic E-state index is 10.9. The van der Waals surface area contributed by atoms with Crippen LogP contribution in [0.2, 0.25) is 0 Å². The van der Waals surface area contributed by atoms with E-state index in [1.807, 2.05) is 60.7 Å². The molecule has 0 spiro atoms. The molecule has 0 radical (unpaired) electrons. The van der Waals surface area contributed by atoms with E-state index in [0.717, 1.165) is 34.1 Å². The van der Waals surface area contributed by atoms with Gasteiger partial charge in [-0.25, -0.2) is 4.98 Å². The third-order valence-corrected chi connectivity index (χ3v) is 5.49. The minimum absolute atomic E-state index is 0.0164. The van der Waals surface area contributed by atoms with E-state index in [-0.39, 0.29) is 5.92 Å². The van der Waals surface area contributed by atoms with Crippen LogP contribution in [0.1, 0.15) is 22.9 Å². The molecule has 5 rings (SSSR count). The first-order chi connectivity index (χ1) is 14.8. The number of aliphatic hydroxyl groups excluding tert-OH is 1. The lowest BCUT2D eigenvalue weighted by Crippen LogP contribution is -2.27. The molecule has 3 heterocycles. The molecule has 2 aromatic heterocycles. The molecule has 2 atom stereocenters. The fourth-order valence-corrected chi connectivity index (χ4v) is 3.86. The number of nitrogens with zero attached hydrogens (tertiary/aromatic N) is 2. The van der Waals surface area contributed by atoms with E-state index < -0.39 is 6.10 Å². The van der Waals surface area contributed by atoms with E-state index in [2.05, 4.69) is 16.0 Å². The molecule has 0 saturated carbocycles. The van der Waals surface area contributed by atoms with Crippen LogP contribution in [0, 0.1) is 5.92 Å². The van der Waals surface area contributed by atoms with E-state index in [9.17, 15) is 5.11 Å². The number of ether oxygens (including phenoxy) is 2. The summed E-state index contributed by atoms with van der Waals surface area (Å²) in [5.74, 6) is 1.39. The van der Waals surface area contributed by atoms with Crippen molar-refractivity contribution in [3.8, 4) is 11.5 Å². The molecular weight excluding hydrogens is 376 g/mol. The van der Waals surface area contributed by atoms with Gasteiger partial charge in [0.2, 0.25) is 0 Å². The maximum atomic E-state index is 10.9. The number of fused-ring (bicyclic) bond motifs is 2. The Morgan fingerprint density at radius 3 is 2.77 bits per heavy atom. The van der Waals surface area contributed by atoms with Crippen molar-refractivity contribution >= 4 is 10.9 Å². The Bertz CT molecular complexity index is 1160. The fraction of sp³-hybridized carbons (Fsp3) is 0.200. The zero-order valence-electron chi connectivity index (χ0n) is 16.4. The summed E-state index contributed by atoms with van der Waals surface area (Å²) in [5, 5.41) is 12.1. The minimum Gasteiger partial charge on any atom is -0.493 e. The van der Waals surface area contributed by atoms with E-state index >= 15 is 0 Å². The highest BCUT2D eigenvalue weighted by atomic mass is 16.5. The minimum atomic E-state index is -0.607. The highest BCUT2D eigenvalue weighted by molar-refractivity contribution is 5.78. The van der Waals surface area contributed by atoms with Crippen molar-refractivity contribution < 1.29 is 14.6 Å². The molecule has 0 amide bonds. The summed E-state index contributed by atoms with van der Waals surface area (Å²) in [5.41, 5.74) is 3.71. The summed E-state index contributed by atoms with van der Waals surface area (Å²) in [6.07, 6.45) is 3.66. The Kier molecular flexibility index (Phi) is 5.03. The van der Waals surface area contributed by atoms with Crippen molar-refractivity contribution in [1.29, 1.82) is 0 Å². The highest BCUT2D eigenvalue weighted by Crippen LogP contribution is 2.39. The van der Waals surface area contributed by atoms with Gasteiger partial charge in [0.25, 0.3) is 0 Å². The topological polar surface area (TPSA) is 64.5 Å². The van der Waals surface area contributed by atoms with Gasteiger partial charge in [-0.05, 0) is 54.4 Å². The van der Waals surface area contributed by atoms with Crippen LogP contribution in [0.3, 0.4) is 0 Å². The summed E-state index contributed by atoms with van der Waals surface area (Å²) < 4.78 is 11.9. The molecule has 0 aliphatic carbocycles. The first-order valence-electron chi connectivity index (χ1n) is 10.1. The van der Waals surface area contributed by atoms with Crippen molar-refractivity contribution in [2.75, 3.05) is 6.61 Å². The molecule has 0 unspecified atom stereocenters. The van der Waals surface area contributed by atoms with Gasteiger partial charge in [0.15, 0.2) is 0 Å². The molecule has 0 fully saturated rings. The molecule has 5 nitrogen and oxygen atoms in total. The van der Waals surface area contributed by atoms with Crippen molar-refractivity contribution in [2.24, 2.45) is 5.92 Å². The van der Waals surface area contributed by atoms with Gasteiger partial charge in [0.05, 0.1) is 23.9 Å². The average Bonchev–Trinajstić information content (AvgIpc) is 2.80. The Hall–Kier alpha value is -3.44. The molecule has 2 aromatic carbocycles. The fourth-order valence-electron chi connectivity index (χ4n) is 3.86. The van der Waals surface area contributed by atoms with Crippen molar-refractivity contribution in [1.82, 2.24) is 9.97 Å². The van der Waals surface area contributed by atoms with Crippen LogP contribution >= 0.6 is 0 Å². The van der Waals surface area contributed by atoms with Crippen LogP contribution in [0.15, 0.2) is 79.1 Å². The summed E-state index contributed by atoms with van der Waals surface area (Å²) in [4.78, 5) is 8.70. The van der Waals surface area contributed by atoms with Crippen LogP contribution in [0.5, 0.6) is 11.5 Å². The molecule has 1 N–H and O–H groups in total. The first kappa shape index (κ1) is 18.6.